The van der Waals surface area contributed by atoms with Crippen LogP contribution in [0.5, 0.6) is 11.5 Å². The van der Waals surface area contributed by atoms with E-state index in [0.29, 0.717) is 35.4 Å². The van der Waals surface area contributed by atoms with Gasteiger partial charge in [-0.15, -0.1) is 0 Å². The number of hydrogen-bond acceptors (Lipinski definition) is 4. The number of carbonyl (C=O) groups excluding carboxylic acids is 1. The SMILES string of the molecule is CCOc1cc(CNc2ccc(F)cc2)ccc1OCC(=O)Nc1ccc(C)c(Cl)c1. The van der Waals surface area contributed by atoms with Crippen molar-refractivity contribution in [3.63, 3.8) is 0 Å². The maximum absolute atomic E-state index is 13.0. The van der Waals surface area contributed by atoms with Gasteiger partial charge in [-0.1, -0.05) is 23.7 Å². The van der Waals surface area contributed by atoms with Crippen molar-refractivity contribution in [3.05, 3.63) is 82.6 Å². The van der Waals surface area contributed by atoms with Crippen LogP contribution in [0, 0.1) is 12.7 Å². The largest absolute Gasteiger partial charge is 0.490 e. The molecule has 3 rings (SSSR count). The summed E-state index contributed by atoms with van der Waals surface area (Å²) in [4.78, 5) is 12.2. The van der Waals surface area contributed by atoms with E-state index in [4.69, 9.17) is 21.1 Å². The van der Waals surface area contributed by atoms with E-state index in [1.165, 1.54) is 12.1 Å². The molecule has 0 heterocycles. The third kappa shape index (κ3) is 6.62. The Hall–Kier alpha value is -3.25. The molecule has 3 aromatic rings. The molecule has 0 saturated carbocycles. The average Bonchev–Trinajstić information content (AvgIpc) is 2.75. The van der Waals surface area contributed by atoms with E-state index in [1.54, 1.807) is 30.3 Å². The van der Waals surface area contributed by atoms with E-state index < -0.39 is 0 Å². The summed E-state index contributed by atoms with van der Waals surface area (Å²) in [7, 11) is 0. The number of halogens is 2. The zero-order valence-electron chi connectivity index (χ0n) is 17.4. The van der Waals surface area contributed by atoms with Gasteiger partial charge in [0.05, 0.1) is 6.61 Å². The maximum atomic E-state index is 13.0. The first-order chi connectivity index (χ1) is 14.9. The van der Waals surface area contributed by atoms with Gasteiger partial charge < -0.3 is 20.1 Å². The molecule has 0 atom stereocenters. The highest BCUT2D eigenvalue weighted by Crippen LogP contribution is 2.29. The van der Waals surface area contributed by atoms with Crippen LogP contribution in [0.2, 0.25) is 5.02 Å². The summed E-state index contributed by atoms with van der Waals surface area (Å²) in [5, 5.41) is 6.57. The predicted octanol–water partition coefficient (Wildman–Crippen LogP) is 5.82. The van der Waals surface area contributed by atoms with Crippen LogP contribution in [0.25, 0.3) is 0 Å². The molecule has 5 nitrogen and oxygen atoms in total. The molecule has 0 aliphatic rings. The first kappa shape index (κ1) is 22.4. The minimum Gasteiger partial charge on any atom is -0.490 e. The van der Waals surface area contributed by atoms with Crippen molar-refractivity contribution in [1.29, 1.82) is 0 Å². The van der Waals surface area contributed by atoms with Gasteiger partial charge in [0.2, 0.25) is 0 Å². The van der Waals surface area contributed by atoms with Gasteiger partial charge in [-0.05, 0) is 73.5 Å². The average molecular weight is 443 g/mol. The van der Waals surface area contributed by atoms with E-state index in [1.807, 2.05) is 32.0 Å². The highest BCUT2D eigenvalue weighted by molar-refractivity contribution is 6.31. The Balaban J connectivity index is 1.60. The monoisotopic (exact) mass is 442 g/mol. The molecule has 0 aliphatic heterocycles. The number of benzene rings is 3. The van der Waals surface area contributed by atoms with Crippen LogP contribution in [0.3, 0.4) is 0 Å². The highest BCUT2D eigenvalue weighted by Gasteiger charge is 2.10. The lowest BCUT2D eigenvalue weighted by molar-refractivity contribution is -0.118. The van der Waals surface area contributed by atoms with Crippen LogP contribution in [0.15, 0.2) is 60.7 Å². The first-order valence-electron chi connectivity index (χ1n) is 9.88. The fraction of sp³-hybridized carbons (Fsp3) is 0.208. The number of amides is 1. The summed E-state index contributed by atoms with van der Waals surface area (Å²) in [5.74, 6) is 0.446. The zero-order valence-corrected chi connectivity index (χ0v) is 18.1. The third-order valence-electron chi connectivity index (χ3n) is 4.46. The number of rotatable bonds is 9. The topological polar surface area (TPSA) is 59.6 Å². The Morgan fingerprint density at radius 1 is 0.968 bits per heavy atom. The number of aryl methyl sites for hydroxylation is 1. The Bertz CT molecular complexity index is 1040. The fourth-order valence-corrected chi connectivity index (χ4v) is 3.01. The lowest BCUT2D eigenvalue weighted by Crippen LogP contribution is -2.20. The summed E-state index contributed by atoms with van der Waals surface area (Å²) in [6, 6.07) is 17.0. The molecule has 31 heavy (non-hydrogen) atoms. The zero-order chi connectivity index (χ0) is 22.2. The standard InChI is InChI=1S/C24H24ClFN2O3/c1-3-30-23-12-17(14-27-19-9-6-18(26)7-10-19)5-11-22(23)31-15-24(29)28-20-8-4-16(2)21(25)13-20/h4-13,27H,3,14-15H2,1-2H3,(H,28,29). The van der Waals surface area contributed by atoms with Gasteiger partial charge in [0.15, 0.2) is 18.1 Å². The van der Waals surface area contributed by atoms with Gasteiger partial charge in [0, 0.05) is 22.9 Å². The lowest BCUT2D eigenvalue weighted by Gasteiger charge is -2.14. The smallest absolute Gasteiger partial charge is 0.262 e. The molecule has 0 aliphatic carbocycles. The van der Waals surface area contributed by atoms with Crippen LogP contribution in [0.1, 0.15) is 18.1 Å². The number of anilines is 2. The molecular weight excluding hydrogens is 419 g/mol. The maximum Gasteiger partial charge on any atom is 0.262 e. The van der Waals surface area contributed by atoms with Crippen molar-refractivity contribution >= 4 is 28.9 Å². The Labute approximate surface area is 186 Å². The lowest BCUT2D eigenvalue weighted by atomic mass is 10.2. The molecule has 0 spiro atoms. The Kier molecular flexibility index (Phi) is 7.73. The molecule has 3 aromatic carbocycles. The van der Waals surface area contributed by atoms with Crippen molar-refractivity contribution in [2.45, 2.75) is 20.4 Å². The van der Waals surface area contributed by atoms with Gasteiger partial charge in [-0.3, -0.25) is 4.79 Å². The quantitative estimate of drug-likeness (QED) is 0.438. The highest BCUT2D eigenvalue weighted by atomic mass is 35.5. The summed E-state index contributed by atoms with van der Waals surface area (Å²) in [6.07, 6.45) is 0. The Morgan fingerprint density at radius 2 is 1.71 bits per heavy atom. The number of hydrogen-bond donors (Lipinski definition) is 2. The second-order valence-corrected chi connectivity index (χ2v) is 7.28. The van der Waals surface area contributed by atoms with Crippen LogP contribution in [0.4, 0.5) is 15.8 Å². The van der Waals surface area contributed by atoms with Crippen molar-refractivity contribution in [2.24, 2.45) is 0 Å². The van der Waals surface area contributed by atoms with E-state index in [2.05, 4.69) is 10.6 Å². The minimum absolute atomic E-state index is 0.168. The predicted molar refractivity (Wildman–Crippen MR) is 122 cm³/mol. The molecule has 0 saturated heterocycles. The van der Waals surface area contributed by atoms with Crippen LogP contribution in [-0.2, 0) is 11.3 Å². The molecule has 0 bridgehead atoms. The molecule has 1 amide bonds. The molecule has 0 fully saturated rings. The Morgan fingerprint density at radius 3 is 2.42 bits per heavy atom. The molecule has 7 heteroatoms. The van der Waals surface area contributed by atoms with Gasteiger partial charge in [0.1, 0.15) is 5.82 Å². The normalized spacial score (nSPS) is 10.5. The van der Waals surface area contributed by atoms with Crippen molar-refractivity contribution < 1.29 is 18.7 Å². The van der Waals surface area contributed by atoms with Crippen LogP contribution >= 0.6 is 11.6 Å². The molecule has 0 aromatic heterocycles. The molecule has 0 radical (unpaired) electrons. The third-order valence-corrected chi connectivity index (χ3v) is 4.87. The van der Waals surface area contributed by atoms with Crippen LogP contribution in [-0.4, -0.2) is 19.1 Å². The number of ether oxygens (including phenoxy) is 2. The van der Waals surface area contributed by atoms with E-state index >= 15 is 0 Å². The molecule has 0 unspecified atom stereocenters. The van der Waals surface area contributed by atoms with Crippen molar-refractivity contribution in [1.82, 2.24) is 0 Å². The van der Waals surface area contributed by atoms with Crippen molar-refractivity contribution in [3.8, 4) is 11.5 Å². The second-order valence-electron chi connectivity index (χ2n) is 6.88. The first-order valence-corrected chi connectivity index (χ1v) is 10.3. The molecular formula is C24H24ClFN2O3. The van der Waals surface area contributed by atoms with Gasteiger partial charge in [-0.25, -0.2) is 4.39 Å². The van der Waals surface area contributed by atoms with E-state index in [9.17, 15) is 9.18 Å². The number of nitrogens with one attached hydrogen (secondary N) is 2. The second kappa shape index (κ2) is 10.7. The summed E-state index contributed by atoms with van der Waals surface area (Å²) in [5.41, 5.74) is 3.31. The van der Waals surface area contributed by atoms with Crippen molar-refractivity contribution in [2.75, 3.05) is 23.8 Å². The van der Waals surface area contributed by atoms with Gasteiger partial charge >= 0.3 is 0 Å². The fourth-order valence-electron chi connectivity index (χ4n) is 2.83. The summed E-state index contributed by atoms with van der Waals surface area (Å²) >= 11 is 6.09. The summed E-state index contributed by atoms with van der Waals surface area (Å²) in [6.45, 7) is 4.59. The van der Waals surface area contributed by atoms with E-state index in [-0.39, 0.29) is 18.3 Å². The summed E-state index contributed by atoms with van der Waals surface area (Å²) < 4.78 is 24.4. The van der Waals surface area contributed by atoms with Gasteiger partial charge in [0.25, 0.3) is 5.91 Å². The molecule has 162 valence electrons. The minimum atomic E-state index is -0.301. The van der Waals surface area contributed by atoms with Crippen LogP contribution < -0.4 is 20.1 Å². The molecule has 2 N–H and O–H groups in total. The van der Waals surface area contributed by atoms with Gasteiger partial charge in [-0.2, -0.15) is 0 Å². The number of carbonyl (C=O) groups is 1. The van der Waals surface area contributed by atoms with E-state index in [0.717, 1.165) is 16.8 Å².